The van der Waals surface area contributed by atoms with Crippen LogP contribution >= 0.6 is 0 Å². The molecule has 0 saturated heterocycles. The second kappa shape index (κ2) is 7.31. The second-order valence-corrected chi connectivity index (χ2v) is 5.30. The van der Waals surface area contributed by atoms with Crippen LogP contribution in [0.1, 0.15) is 32.3 Å². The number of amides is 1. The van der Waals surface area contributed by atoms with Crippen molar-refractivity contribution in [3.05, 3.63) is 23.8 Å². The molecule has 1 aromatic rings. The molecule has 0 aromatic heterocycles. The smallest absolute Gasteiger partial charge is 0.260 e. The molecule has 0 aliphatic heterocycles. The van der Waals surface area contributed by atoms with Gasteiger partial charge in [0.2, 0.25) is 0 Å². The van der Waals surface area contributed by atoms with Crippen molar-refractivity contribution in [3.63, 3.8) is 0 Å². The van der Waals surface area contributed by atoms with Crippen LogP contribution < -0.4 is 20.1 Å². The standard InChI is InChI=1S/C16H24N2O3/c1-4-17-10-12-9-14(20-3)7-8-15(12)21-11(2)16(19)18-13-5-6-13/h7-9,11,13,17H,4-6,10H2,1-3H3,(H,18,19). The highest BCUT2D eigenvalue weighted by Gasteiger charge is 2.26. The predicted molar refractivity (Wildman–Crippen MR) is 81.6 cm³/mol. The maximum absolute atomic E-state index is 12.0. The van der Waals surface area contributed by atoms with Crippen LogP contribution in [0.4, 0.5) is 0 Å². The van der Waals surface area contributed by atoms with E-state index in [-0.39, 0.29) is 5.91 Å². The van der Waals surface area contributed by atoms with E-state index in [1.165, 1.54) is 0 Å². The van der Waals surface area contributed by atoms with E-state index in [2.05, 4.69) is 10.6 Å². The van der Waals surface area contributed by atoms with Crippen LogP contribution in [0.25, 0.3) is 0 Å². The number of nitrogens with one attached hydrogen (secondary N) is 2. The van der Waals surface area contributed by atoms with Gasteiger partial charge < -0.3 is 20.1 Å². The largest absolute Gasteiger partial charge is 0.497 e. The van der Waals surface area contributed by atoms with E-state index in [4.69, 9.17) is 9.47 Å². The summed E-state index contributed by atoms with van der Waals surface area (Å²) in [6.45, 7) is 5.37. The normalized spacial score (nSPS) is 15.4. The third-order valence-corrected chi connectivity index (χ3v) is 3.43. The number of hydrogen-bond donors (Lipinski definition) is 2. The van der Waals surface area contributed by atoms with Crippen molar-refractivity contribution in [2.45, 2.75) is 45.4 Å². The lowest BCUT2D eigenvalue weighted by Gasteiger charge is -2.18. The first-order valence-corrected chi connectivity index (χ1v) is 7.48. The number of hydrogen-bond acceptors (Lipinski definition) is 4. The number of benzene rings is 1. The van der Waals surface area contributed by atoms with E-state index in [9.17, 15) is 4.79 Å². The van der Waals surface area contributed by atoms with Crippen molar-refractivity contribution in [1.29, 1.82) is 0 Å². The minimum atomic E-state index is -0.501. The highest BCUT2D eigenvalue weighted by molar-refractivity contribution is 5.81. The van der Waals surface area contributed by atoms with Gasteiger partial charge in [-0.3, -0.25) is 4.79 Å². The molecule has 5 nitrogen and oxygen atoms in total. The van der Waals surface area contributed by atoms with Gasteiger partial charge in [0, 0.05) is 18.2 Å². The Hall–Kier alpha value is -1.75. The summed E-state index contributed by atoms with van der Waals surface area (Å²) in [5.74, 6) is 1.45. The van der Waals surface area contributed by atoms with Crippen LogP contribution in [0.3, 0.4) is 0 Å². The molecule has 0 heterocycles. The van der Waals surface area contributed by atoms with Gasteiger partial charge in [0.1, 0.15) is 11.5 Å². The van der Waals surface area contributed by atoms with Gasteiger partial charge in [-0.15, -0.1) is 0 Å². The molecule has 0 spiro atoms. The zero-order valence-electron chi connectivity index (χ0n) is 12.9. The number of carbonyl (C=O) groups excluding carboxylic acids is 1. The SMILES string of the molecule is CCNCc1cc(OC)ccc1OC(C)C(=O)NC1CC1. The molecule has 2 N–H and O–H groups in total. The summed E-state index contributed by atoms with van der Waals surface area (Å²) in [7, 11) is 1.64. The van der Waals surface area contributed by atoms with Crippen molar-refractivity contribution in [1.82, 2.24) is 10.6 Å². The molecule has 1 unspecified atom stereocenters. The summed E-state index contributed by atoms with van der Waals surface area (Å²) >= 11 is 0. The van der Waals surface area contributed by atoms with Crippen molar-refractivity contribution >= 4 is 5.91 Å². The predicted octanol–water partition coefficient (Wildman–Crippen LogP) is 1.85. The third kappa shape index (κ3) is 4.63. The van der Waals surface area contributed by atoms with Gasteiger partial charge in [0.05, 0.1) is 7.11 Å². The molecule has 1 aromatic carbocycles. The molecule has 1 fully saturated rings. The highest BCUT2D eigenvalue weighted by atomic mass is 16.5. The molecular formula is C16H24N2O3. The maximum atomic E-state index is 12.0. The average Bonchev–Trinajstić information content (AvgIpc) is 3.29. The van der Waals surface area contributed by atoms with Gasteiger partial charge in [-0.25, -0.2) is 0 Å². The summed E-state index contributed by atoms with van der Waals surface area (Å²) < 4.78 is 11.1. The van der Waals surface area contributed by atoms with Crippen molar-refractivity contribution in [3.8, 4) is 11.5 Å². The monoisotopic (exact) mass is 292 g/mol. The maximum Gasteiger partial charge on any atom is 0.260 e. The summed E-state index contributed by atoms with van der Waals surface area (Å²) in [5, 5.41) is 6.22. The second-order valence-electron chi connectivity index (χ2n) is 5.30. The minimum Gasteiger partial charge on any atom is -0.497 e. The van der Waals surface area contributed by atoms with Gasteiger partial charge >= 0.3 is 0 Å². The fourth-order valence-electron chi connectivity index (χ4n) is 1.99. The van der Waals surface area contributed by atoms with Crippen molar-refractivity contribution in [2.24, 2.45) is 0 Å². The Labute approximate surface area is 126 Å². The minimum absolute atomic E-state index is 0.0530. The van der Waals surface area contributed by atoms with Crippen LogP contribution in [-0.2, 0) is 11.3 Å². The van der Waals surface area contributed by atoms with Gasteiger partial charge in [0.15, 0.2) is 6.10 Å². The highest BCUT2D eigenvalue weighted by Crippen LogP contribution is 2.25. The Morgan fingerprint density at radius 3 is 2.81 bits per heavy atom. The van der Waals surface area contributed by atoms with E-state index in [1.54, 1.807) is 14.0 Å². The molecule has 1 atom stereocenters. The number of rotatable bonds is 8. The fourth-order valence-corrected chi connectivity index (χ4v) is 1.99. The van der Waals surface area contributed by atoms with Crippen LogP contribution in [0.15, 0.2) is 18.2 Å². The lowest BCUT2D eigenvalue weighted by Crippen LogP contribution is -2.37. The van der Waals surface area contributed by atoms with E-state index >= 15 is 0 Å². The van der Waals surface area contributed by atoms with Crippen LogP contribution in [0.2, 0.25) is 0 Å². The Balaban J connectivity index is 2.03. The summed E-state index contributed by atoms with van der Waals surface area (Å²) in [5.41, 5.74) is 0.988. The summed E-state index contributed by atoms with van der Waals surface area (Å²) in [4.78, 5) is 12.0. The zero-order valence-corrected chi connectivity index (χ0v) is 12.9. The molecular weight excluding hydrogens is 268 g/mol. The Bertz CT molecular complexity index is 486. The summed E-state index contributed by atoms with van der Waals surface area (Å²) in [6.07, 6.45) is 1.65. The first-order valence-electron chi connectivity index (χ1n) is 7.48. The fraction of sp³-hybridized carbons (Fsp3) is 0.562. The van der Waals surface area contributed by atoms with E-state index < -0.39 is 6.10 Å². The Kier molecular flexibility index (Phi) is 5.44. The molecule has 21 heavy (non-hydrogen) atoms. The molecule has 0 bridgehead atoms. The van der Waals surface area contributed by atoms with Gasteiger partial charge in [-0.2, -0.15) is 0 Å². The molecule has 1 saturated carbocycles. The quantitative estimate of drug-likeness (QED) is 0.768. The number of ether oxygens (including phenoxy) is 2. The van der Waals surface area contributed by atoms with Gasteiger partial charge in [-0.1, -0.05) is 6.92 Å². The van der Waals surface area contributed by atoms with Crippen molar-refractivity contribution in [2.75, 3.05) is 13.7 Å². The van der Waals surface area contributed by atoms with Gasteiger partial charge in [0.25, 0.3) is 5.91 Å². The number of carbonyl (C=O) groups is 1. The molecule has 116 valence electrons. The van der Waals surface area contributed by atoms with Crippen molar-refractivity contribution < 1.29 is 14.3 Å². The molecule has 1 amide bonds. The Morgan fingerprint density at radius 1 is 1.43 bits per heavy atom. The van der Waals surface area contributed by atoms with E-state index in [1.807, 2.05) is 25.1 Å². The lowest BCUT2D eigenvalue weighted by molar-refractivity contribution is -0.127. The molecule has 2 rings (SSSR count). The average molecular weight is 292 g/mol. The van der Waals surface area contributed by atoms with Crippen LogP contribution in [-0.4, -0.2) is 31.7 Å². The first-order chi connectivity index (χ1) is 10.1. The van der Waals surface area contributed by atoms with E-state index in [0.29, 0.717) is 12.6 Å². The topological polar surface area (TPSA) is 59.6 Å². The van der Waals surface area contributed by atoms with Gasteiger partial charge in [-0.05, 0) is 44.5 Å². The number of methoxy groups -OCH3 is 1. The summed E-state index contributed by atoms with van der Waals surface area (Å²) in [6, 6.07) is 5.98. The third-order valence-electron chi connectivity index (χ3n) is 3.43. The molecule has 1 aliphatic carbocycles. The lowest BCUT2D eigenvalue weighted by atomic mass is 10.2. The zero-order chi connectivity index (χ0) is 15.2. The molecule has 5 heteroatoms. The first kappa shape index (κ1) is 15.6. The Morgan fingerprint density at radius 2 is 2.19 bits per heavy atom. The van der Waals surface area contributed by atoms with Crippen LogP contribution in [0.5, 0.6) is 11.5 Å². The van der Waals surface area contributed by atoms with Crippen LogP contribution in [0, 0.1) is 0 Å². The molecule has 1 aliphatic rings. The van der Waals surface area contributed by atoms with E-state index in [0.717, 1.165) is 36.4 Å². The molecule has 0 radical (unpaired) electrons.